The summed E-state index contributed by atoms with van der Waals surface area (Å²) in [5.74, 6) is 0.0676. The molecular formula is C10H13IN2O4S. The van der Waals surface area contributed by atoms with Crippen LogP contribution in [-0.4, -0.2) is 31.9 Å². The molecule has 8 heteroatoms. The fraction of sp³-hybridized carbons (Fsp3) is 0.400. The highest BCUT2D eigenvalue weighted by Crippen LogP contribution is 2.26. The third-order valence-corrected chi connectivity index (χ3v) is 3.87. The number of nitrogens with one attached hydrogen (secondary N) is 1. The van der Waals surface area contributed by atoms with Gasteiger partial charge in [0.2, 0.25) is 0 Å². The molecule has 0 aliphatic rings. The first kappa shape index (κ1) is 15.2. The van der Waals surface area contributed by atoms with Gasteiger partial charge in [-0.3, -0.25) is 10.1 Å². The molecule has 0 fully saturated rings. The number of anilines is 1. The minimum atomic E-state index is -2.99. The molecule has 18 heavy (non-hydrogen) atoms. The van der Waals surface area contributed by atoms with Gasteiger partial charge < -0.3 is 5.32 Å². The Bertz CT molecular complexity index is 545. The Kier molecular flexibility index (Phi) is 5.32. The second kappa shape index (κ2) is 6.32. The molecule has 0 heterocycles. The second-order valence-corrected chi connectivity index (χ2v) is 7.33. The maximum absolute atomic E-state index is 10.9. The number of nitrogens with zero attached hydrogens (tertiary/aromatic N) is 1. The number of hydrogen-bond acceptors (Lipinski definition) is 5. The van der Waals surface area contributed by atoms with Gasteiger partial charge >= 0.3 is 0 Å². The average molecular weight is 384 g/mol. The fourth-order valence-corrected chi connectivity index (χ4v) is 2.51. The van der Waals surface area contributed by atoms with E-state index in [1.165, 1.54) is 12.3 Å². The number of hydrogen-bond donors (Lipinski definition) is 1. The summed E-state index contributed by atoms with van der Waals surface area (Å²) in [6.45, 7) is 0.383. The van der Waals surface area contributed by atoms with Crippen molar-refractivity contribution in [2.75, 3.05) is 23.9 Å². The Labute approximate surface area is 119 Å². The van der Waals surface area contributed by atoms with Crippen molar-refractivity contribution in [1.29, 1.82) is 0 Å². The number of nitro groups is 1. The molecule has 0 radical (unpaired) electrons. The summed E-state index contributed by atoms with van der Waals surface area (Å²) < 4.78 is 22.6. The molecule has 6 nitrogen and oxygen atoms in total. The Morgan fingerprint density at radius 1 is 1.44 bits per heavy atom. The molecule has 0 aliphatic carbocycles. The maximum atomic E-state index is 10.9. The standard InChI is InChI=1S/C10H13IN2O4S/c1-18(16,17)6-2-5-12-9-4-3-8(11)7-10(9)13(14)15/h3-4,7,12H,2,5-6H2,1H3. The van der Waals surface area contributed by atoms with Crippen LogP contribution in [0.2, 0.25) is 0 Å². The van der Waals surface area contributed by atoms with E-state index in [0.29, 0.717) is 18.7 Å². The zero-order chi connectivity index (χ0) is 13.8. The van der Waals surface area contributed by atoms with Gasteiger partial charge in [0, 0.05) is 22.4 Å². The first-order valence-corrected chi connectivity index (χ1v) is 8.29. The van der Waals surface area contributed by atoms with Gasteiger partial charge in [0.15, 0.2) is 0 Å². The van der Waals surface area contributed by atoms with E-state index in [1.54, 1.807) is 12.1 Å². The van der Waals surface area contributed by atoms with Crippen molar-refractivity contribution in [1.82, 2.24) is 0 Å². The fourth-order valence-electron chi connectivity index (χ4n) is 1.36. The molecule has 1 aromatic rings. The van der Waals surface area contributed by atoms with Crippen molar-refractivity contribution in [3.05, 3.63) is 31.9 Å². The van der Waals surface area contributed by atoms with Crippen molar-refractivity contribution >= 4 is 43.8 Å². The highest BCUT2D eigenvalue weighted by molar-refractivity contribution is 14.1. The first-order chi connectivity index (χ1) is 8.29. The predicted octanol–water partition coefficient (Wildman–Crippen LogP) is 2.05. The number of halogens is 1. The van der Waals surface area contributed by atoms with E-state index in [4.69, 9.17) is 0 Å². The summed E-state index contributed by atoms with van der Waals surface area (Å²) in [5.41, 5.74) is 0.412. The third-order valence-electron chi connectivity index (χ3n) is 2.16. The summed E-state index contributed by atoms with van der Waals surface area (Å²) >= 11 is 2.00. The van der Waals surface area contributed by atoms with Crippen LogP contribution < -0.4 is 5.32 Å². The van der Waals surface area contributed by atoms with E-state index in [1.807, 2.05) is 22.6 Å². The molecule has 0 atom stereocenters. The lowest BCUT2D eigenvalue weighted by atomic mass is 10.2. The normalized spacial score (nSPS) is 11.2. The van der Waals surface area contributed by atoms with Crippen LogP contribution in [0.5, 0.6) is 0 Å². The zero-order valence-corrected chi connectivity index (χ0v) is 12.7. The molecule has 1 N–H and O–H groups in total. The van der Waals surface area contributed by atoms with Crippen molar-refractivity contribution in [2.45, 2.75) is 6.42 Å². The molecule has 0 aliphatic heterocycles. The summed E-state index contributed by atoms with van der Waals surface area (Å²) in [6, 6.07) is 4.85. The molecule has 0 aromatic heterocycles. The van der Waals surface area contributed by atoms with E-state index >= 15 is 0 Å². The van der Waals surface area contributed by atoms with Crippen molar-refractivity contribution < 1.29 is 13.3 Å². The summed E-state index contributed by atoms with van der Waals surface area (Å²) in [5, 5.41) is 13.7. The monoisotopic (exact) mass is 384 g/mol. The van der Waals surface area contributed by atoms with Crippen LogP contribution in [0.3, 0.4) is 0 Å². The van der Waals surface area contributed by atoms with E-state index in [0.717, 1.165) is 3.57 Å². The molecule has 0 saturated carbocycles. The maximum Gasteiger partial charge on any atom is 0.293 e. The van der Waals surface area contributed by atoms with Crippen molar-refractivity contribution in [3.8, 4) is 0 Å². The lowest BCUT2D eigenvalue weighted by Crippen LogP contribution is -2.10. The van der Waals surface area contributed by atoms with Gasteiger partial charge in [-0.05, 0) is 41.1 Å². The lowest BCUT2D eigenvalue weighted by molar-refractivity contribution is -0.384. The summed E-state index contributed by atoms with van der Waals surface area (Å²) in [4.78, 5) is 10.4. The topological polar surface area (TPSA) is 89.3 Å². The summed E-state index contributed by atoms with van der Waals surface area (Å²) in [7, 11) is -2.99. The van der Waals surface area contributed by atoms with E-state index in [2.05, 4.69) is 5.32 Å². The quantitative estimate of drug-likeness (QED) is 0.351. The molecule has 0 unspecified atom stereocenters. The third kappa shape index (κ3) is 5.17. The molecule has 0 spiro atoms. The van der Waals surface area contributed by atoms with Gasteiger partial charge in [-0.1, -0.05) is 0 Å². The van der Waals surface area contributed by atoms with Crippen LogP contribution in [0.15, 0.2) is 18.2 Å². The van der Waals surface area contributed by atoms with Gasteiger partial charge in [-0.2, -0.15) is 0 Å². The Morgan fingerprint density at radius 2 is 2.11 bits per heavy atom. The molecule has 100 valence electrons. The average Bonchev–Trinajstić information content (AvgIpc) is 2.24. The lowest BCUT2D eigenvalue weighted by Gasteiger charge is -2.06. The van der Waals surface area contributed by atoms with Crippen LogP contribution in [0.25, 0.3) is 0 Å². The van der Waals surface area contributed by atoms with Gasteiger partial charge in [-0.25, -0.2) is 8.42 Å². The van der Waals surface area contributed by atoms with Crippen LogP contribution in [0, 0.1) is 13.7 Å². The number of sulfone groups is 1. The highest BCUT2D eigenvalue weighted by atomic mass is 127. The zero-order valence-electron chi connectivity index (χ0n) is 9.72. The van der Waals surface area contributed by atoms with Crippen molar-refractivity contribution in [3.63, 3.8) is 0 Å². The van der Waals surface area contributed by atoms with E-state index < -0.39 is 14.8 Å². The van der Waals surface area contributed by atoms with E-state index in [9.17, 15) is 18.5 Å². The van der Waals surface area contributed by atoms with E-state index in [-0.39, 0.29) is 11.4 Å². The van der Waals surface area contributed by atoms with Crippen LogP contribution >= 0.6 is 22.6 Å². The second-order valence-electron chi connectivity index (χ2n) is 3.83. The molecule has 0 bridgehead atoms. The molecular weight excluding hydrogens is 371 g/mol. The van der Waals surface area contributed by atoms with Crippen LogP contribution in [0.4, 0.5) is 11.4 Å². The van der Waals surface area contributed by atoms with Gasteiger partial charge in [0.25, 0.3) is 5.69 Å². The first-order valence-electron chi connectivity index (χ1n) is 5.15. The highest BCUT2D eigenvalue weighted by Gasteiger charge is 2.13. The van der Waals surface area contributed by atoms with Gasteiger partial charge in [0.1, 0.15) is 15.5 Å². The minimum absolute atomic E-state index is 0.00116. The molecule has 1 rings (SSSR count). The molecule has 1 aromatic carbocycles. The predicted molar refractivity (Wildman–Crippen MR) is 78.6 cm³/mol. The summed E-state index contributed by atoms with van der Waals surface area (Å²) in [6.07, 6.45) is 1.59. The molecule has 0 saturated heterocycles. The minimum Gasteiger partial charge on any atom is -0.379 e. The van der Waals surface area contributed by atoms with Gasteiger partial charge in [-0.15, -0.1) is 0 Å². The number of nitro benzene ring substituents is 1. The van der Waals surface area contributed by atoms with Crippen LogP contribution in [-0.2, 0) is 9.84 Å². The number of rotatable bonds is 6. The van der Waals surface area contributed by atoms with Crippen molar-refractivity contribution in [2.24, 2.45) is 0 Å². The molecule has 0 amide bonds. The Morgan fingerprint density at radius 3 is 2.67 bits per heavy atom. The Balaban J connectivity index is 2.65. The number of benzene rings is 1. The van der Waals surface area contributed by atoms with Crippen LogP contribution in [0.1, 0.15) is 6.42 Å². The van der Waals surface area contributed by atoms with Gasteiger partial charge in [0.05, 0.1) is 10.7 Å². The SMILES string of the molecule is CS(=O)(=O)CCCNc1ccc(I)cc1[N+](=O)[O-]. The smallest absolute Gasteiger partial charge is 0.293 e. The largest absolute Gasteiger partial charge is 0.379 e. The Hall–Kier alpha value is -0.900.